The molecule has 0 amide bonds. The van der Waals surface area contributed by atoms with Gasteiger partial charge in [0.2, 0.25) is 0 Å². The third-order valence-corrected chi connectivity index (χ3v) is 2.33. The molecule has 0 bridgehead atoms. The van der Waals surface area contributed by atoms with Gasteiger partial charge in [-0.1, -0.05) is 30.3 Å². The van der Waals surface area contributed by atoms with Crippen LogP contribution in [0.4, 0.5) is 11.4 Å². The third kappa shape index (κ3) is 1.86. The lowest BCUT2D eigenvalue weighted by Gasteiger charge is -2.04. The van der Waals surface area contributed by atoms with Gasteiger partial charge in [0.05, 0.1) is 4.92 Å². The highest BCUT2D eigenvalue weighted by molar-refractivity contribution is 5.77. The highest BCUT2D eigenvalue weighted by Gasteiger charge is 2.08. The molecule has 0 spiro atoms. The summed E-state index contributed by atoms with van der Waals surface area (Å²) in [5.74, 6) is 0. The minimum Gasteiger partial charge on any atom is -0.398 e. The van der Waals surface area contributed by atoms with Crippen LogP contribution >= 0.6 is 0 Å². The molecule has 0 heterocycles. The standard InChI is InChI=1S/C12H10N2O2/c13-12-7-2-1-6-11(12)9-4-3-5-10(8-9)14(15)16/h1-8H,13H2. The van der Waals surface area contributed by atoms with Crippen LogP contribution in [0.15, 0.2) is 48.5 Å². The second kappa shape index (κ2) is 4.02. The summed E-state index contributed by atoms with van der Waals surface area (Å²) in [5.41, 5.74) is 8.06. The smallest absolute Gasteiger partial charge is 0.270 e. The molecule has 0 unspecified atom stereocenters. The molecular formula is C12H10N2O2. The summed E-state index contributed by atoms with van der Waals surface area (Å²) >= 11 is 0. The highest BCUT2D eigenvalue weighted by Crippen LogP contribution is 2.27. The number of non-ortho nitro benzene ring substituents is 1. The van der Waals surface area contributed by atoms with Crippen LogP contribution in [0, 0.1) is 10.1 Å². The Labute approximate surface area is 92.5 Å². The zero-order chi connectivity index (χ0) is 11.5. The van der Waals surface area contributed by atoms with E-state index in [4.69, 9.17) is 5.73 Å². The van der Waals surface area contributed by atoms with E-state index in [-0.39, 0.29) is 5.69 Å². The number of nitro benzene ring substituents is 1. The van der Waals surface area contributed by atoms with Gasteiger partial charge in [0, 0.05) is 23.4 Å². The molecule has 4 heteroatoms. The van der Waals surface area contributed by atoms with Crippen LogP contribution < -0.4 is 5.73 Å². The largest absolute Gasteiger partial charge is 0.398 e. The molecule has 0 aromatic heterocycles. The van der Waals surface area contributed by atoms with Crippen LogP contribution in [0.1, 0.15) is 0 Å². The molecule has 0 aliphatic heterocycles. The van der Waals surface area contributed by atoms with Crippen LogP contribution in [0.2, 0.25) is 0 Å². The summed E-state index contributed by atoms with van der Waals surface area (Å²) in [6.07, 6.45) is 0. The van der Waals surface area contributed by atoms with Crippen LogP contribution in [-0.4, -0.2) is 4.92 Å². The van der Waals surface area contributed by atoms with Crippen LogP contribution in [0.5, 0.6) is 0 Å². The first-order chi connectivity index (χ1) is 7.68. The Balaban J connectivity index is 2.53. The summed E-state index contributed by atoms with van der Waals surface area (Å²) in [5, 5.41) is 10.6. The zero-order valence-corrected chi connectivity index (χ0v) is 8.46. The molecule has 2 aromatic rings. The number of nitrogen functional groups attached to an aromatic ring is 1. The van der Waals surface area contributed by atoms with Crippen LogP contribution in [0.3, 0.4) is 0 Å². The number of nitrogens with zero attached hydrogens (tertiary/aromatic N) is 1. The quantitative estimate of drug-likeness (QED) is 0.474. The van der Waals surface area contributed by atoms with Crippen molar-refractivity contribution in [1.82, 2.24) is 0 Å². The van der Waals surface area contributed by atoms with Crippen molar-refractivity contribution in [2.24, 2.45) is 0 Å². The van der Waals surface area contributed by atoms with Gasteiger partial charge in [-0.3, -0.25) is 10.1 Å². The maximum absolute atomic E-state index is 10.6. The van der Waals surface area contributed by atoms with E-state index < -0.39 is 4.92 Å². The van der Waals surface area contributed by atoms with E-state index in [1.807, 2.05) is 18.2 Å². The van der Waals surface area contributed by atoms with E-state index in [0.29, 0.717) is 5.69 Å². The Morgan fingerprint density at radius 3 is 2.50 bits per heavy atom. The third-order valence-electron chi connectivity index (χ3n) is 2.33. The molecule has 2 rings (SSSR count). The lowest BCUT2D eigenvalue weighted by molar-refractivity contribution is -0.384. The van der Waals surface area contributed by atoms with Crippen molar-refractivity contribution < 1.29 is 4.92 Å². The van der Waals surface area contributed by atoms with Gasteiger partial charge in [-0.25, -0.2) is 0 Å². The summed E-state index contributed by atoms with van der Waals surface area (Å²) in [6, 6.07) is 13.7. The average molecular weight is 214 g/mol. The van der Waals surface area contributed by atoms with Gasteiger partial charge in [0.1, 0.15) is 0 Å². The fourth-order valence-corrected chi connectivity index (χ4v) is 1.55. The number of benzene rings is 2. The SMILES string of the molecule is Nc1ccccc1-c1cccc([N+](=O)[O-])c1. The number of anilines is 1. The van der Waals surface area contributed by atoms with E-state index in [1.165, 1.54) is 12.1 Å². The molecule has 16 heavy (non-hydrogen) atoms. The number of para-hydroxylation sites is 1. The van der Waals surface area contributed by atoms with E-state index in [9.17, 15) is 10.1 Å². The van der Waals surface area contributed by atoms with Crippen molar-refractivity contribution in [2.45, 2.75) is 0 Å². The van der Waals surface area contributed by atoms with Gasteiger partial charge in [-0.15, -0.1) is 0 Å². The molecule has 80 valence electrons. The number of nitro groups is 1. The first-order valence-electron chi connectivity index (χ1n) is 4.78. The van der Waals surface area contributed by atoms with Crippen molar-refractivity contribution >= 4 is 11.4 Å². The lowest BCUT2D eigenvalue weighted by Crippen LogP contribution is -1.91. The molecule has 0 atom stereocenters. The minimum absolute atomic E-state index is 0.0701. The molecule has 0 aliphatic carbocycles. The Kier molecular flexibility index (Phi) is 2.55. The highest BCUT2D eigenvalue weighted by atomic mass is 16.6. The maximum Gasteiger partial charge on any atom is 0.270 e. The summed E-state index contributed by atoms with van der Waals surface area (Å²) < 4.78 is 0. The van der Waals surface area contributed by atoms with Gasteiger partial charge in [0.15, 0.2) is 0 Å². The fourth-order valence-electron chi connectivity index (χ4n) is 1.55. The van der Waals surface area contributed by atoms with E-state index in [1.54, 1.807) is 18.2 Å². The number of rotatable bonds is 2. The average Bonchev–Trinajstić information content (AvgIpc) is 2.30. The molecule has 0 aliphatic rings. The minimum atomic E-state index is -0.414. The van der Waals surface area contributed by atoms with Crippen molar-refractivity contribution in [2.75, 3.05) is 5.73 Å². The predicted molar refractivity (Wildman–Crippen MR) is 62.9 cm³/mol. The number of nitrogens with two attached hydrogens (primary N) is 1. The van der Waals surface area contributed by atoms with Crippen LogP contribution in [-0.2, 0) is 0 Å². The Hall–Kier alpha value is -2.36. The van der Waals surface area contributed by atoms with Gasteiger partial charge in [-0.2, -0.15) is 0 Å². The van der Waals surface area contributed by atoms with E-state index >= 15 is 0 Å². The number of hydrogen-bond acceptors (Lipinski definition) is 3. The second-order valence-corrected chi connectivity index (χ2v) is 3.39. The normalized spacial score (nSPS) is 10.0. The van der Waals surface area contributed by atoms with Gasteiger partial charge in [0.25, 0.3) is 5.69 Å². The van der Waals surface area contributed by atoms with Crippen molar-refractivity contribution in [3.05, 3.63) is 58.6 Å². The maximum atomic E-state index is 10.6. The Bertz CT molecular complexity index is 538. The van der Waals surface area contributed by atoms with Gasteiger partial charge >= 0.3 is 0 Å². The first kappa shape index (κ1) is 10.2. The predicted octanol–water partition coefficient (Wildman–Crippen LogP) is 2.84. The zero-order valence-electron chi connectivity index (χ0n) is 8.46. The van der Waals surface area contributed by atoms with Gasteiger partial charge in [-0.05, 0) is 11.6 Å². The topological polar surface area (TPSA) is 69.2 Å². The molecule has 2 N–H and O–H groups in total. The first-order valence-corrected chi connectivity index (χ1v) is 4.78. The lowest BCUT2D eigenvalue weighted by atomic mass is 10.0. The molecule has 0 fully saturated rings. The second-order valence-electron chi connectivity index (χ2n) is 3.39. The Morgan fingerprint density at radius 1 is 1.06 bits per heavy atom. The van der Waals surface area contributed by atoms with Crippen molar-refractivity contribution in [1.29, 1.82) is 0 Å². The van der Waals surface area contributed by atoms with Crippen LogP contribution in [0.25, 0.3) is 11.1 Å². The van der Waals surface area contributed by atoms with Gasteiger partial charge < -0.3 is 5.73 Å². The molecule has 0 saturated carbocycles. The molecule has 4 nitrogen and oxygen atoms in total. The fraction of sp³-hybridized carbons (Fsp3) is 0. The van der Waals surface area contributed by atoms with E-state index in [0.717, 1.165) is 11.1 Å². The summed E-state index contributed by atoms with van der Waals surface area (Å²) in [4.78, 5) is 10.2. The summed E-state index contributed by atoms with van der Waals surface area (Å²) in [6.45, 7) is 0. The molecule has 0 saturated heterocycles. The van der Waals surface area contributed by atoms with Crippen molar-refractivity contribution in [3.8, 4) is 11.1 Å². The number of hydrogen-bond donors (Lipinski definition) is 1. The molecular weight excluding hydrogens is 204 g/mol. The van der Waals surface area contributed by atoms with Crippen molar-refractivity contribution in [3.63, 3.8) is 0 Å². The Morgan fingerprint density at radius 2 is 1.81 bits per heavy atom. The molecule has 2 aromatic carbocycles. The van der Waals surface area contributed by atoms with E-state index in [2.05, 4.69) is 0 Å². The monoisotopic (exact) mass is 214 g/mol. The molecule has 0 radical (unpaired) electrons. The summed E-state index contributed by atoms with van der Waals surface area (Å²) in [7, 11) is 0.